The summed E-state index contributed by atoms with van der Waals surface area (Å²) in [5.41, 5.74) is 6.47. The van der Waals surface area contributed by atoms with Crippen LogP contribution in [0.3, 0.4) is 0 Å². The molecule has 0 aliphatic heterocycles. The fourth-order valence-electron chi connectivity index (χ4n) is 4.26. The van der Waals surface area contributed by atoms with Crippen molar-refractivity contribution in [2.45, 2.75) is 52.0 Å². The minimum absolute atomic E-state index is 0.0665. The molecule has 0 aliphatic carbocycles. The van der Waals surface area contributed by atoms with Crippen LogP contribution in [0.2, 0.25) is 5.02 Å². The number of nitrogens with zero attached hydrogens (tertiary/aromatic N) is 4. The van der Waals surface area contributed by atoms with Gasteiger partial charge in [-0.15, -0.1) is 0 Å². The van der Waals surface area contributed by atoms with Gasteiger partial charge in [0.2, 0.25) is 17.9 Å². The summed E-state index contributed by atoms with van der Waals surface area (Å²) in [5.74, 6) is -4.41. The minimum Gasteiger partial charge on any atom is -0.481 e. The number of aliphatic carboxylic acids is 1. The topological polar surface area (TPSA) is 142 Å². The third kappa shape index (κ3) is 8.04. The van der Waals surface area contributed by atoms with E-state index in [1.807, 2.05) is 0 Å². The Morgan fingerprint density at radius 3 is 2.30 bits per heavy atom. The molecule has 232 valence electrons. The Bertz CT molecular complexity index is 1670. The van der Waals surface area contributed by atoms with Gasteiger partial charge in [-0.25, -0.2) is 9.67 Å². The molecule has 0 spiro atoms. The Morgan fingerprint density at radius 1 is 1.05 bits per heavy atom. The highest BCUT2D eigenvalue weighted by atomic mass is 35.5. The number of nitrogens with two attached hydrogens (primary N) is 1. The highest BCUT2D eigenvalue weighted by molar-refractivity contribution is 6.30. The van der Waals surface area contributed by atoms with E-state index in [0.717, 1.165) is 0 Å². The van der Waals surface area contributed by atoms with E-state index in [0.29, 0.717) is 16.8 Å². The Kier molecular flexibility index (Phi) is 9.19. The Labute approximate surface area is 255 Å². The van der Waals surface area contributed by atoms with Crippen molar-refractivity contribution in [1.29, 1.82) is 0 Å². The van der Waals surface area contributed by atoms with Crippen LogP contribution in [0.4, 0.5) is 19.1 Å². The third-order valence-corrected chi connectivity index (χ3v) is 6.41. The smallest absolute Gasteiger partial charge is 0.429 e. The van der Waals surface area contributed by atoms with Crippen LogP contribution in [0.15, 0.2) is 60.8 Å². The third-order valence-electron chi connectivity index (χ3n) is 6.18. The van der Waals surface area contributed by atoms with Crippen LogP contribution in [-0.2, 0) is 20.7 Å². The first-order valence-electron chi connectivity index (χ1n) is 13.2. The van der Waals surface area contributed by atoms with E-state index in [9.17, 15) is 27.9 Å². The molecular weight excluding hydrogens is 603 g/mol. The molecule has 0 fully saturated rings. The average molecular weight is 632 g/mol. The van der Waals surface area contributed by atoms with Crippen LogP contribution < -0.4 is 10.5 Å². The lowest BCUT2D eigenvalue weighted by molar-refractivity contribution is -0.198. The van der Waals surface area contributed by atoms with Gasteiger partial charge < -0.3 is 20.3 Å². The molecule has 10 nitrogen and oxygen atoms in total. The second kappa shape index (κ2) is 12.5. The highest BCUT2D eigenvalue weighted by Crippen LogP contribution is 2.40. The zero-order chi connectivity index (χ0) is 32.4. The summed E-state index contributed by atoms with van der Waals surface area (Å²) in [6, 6.07) is 13.0. The predicted octanol–water partition coefficient (Wildman–Crippen LogP) is 6.14. The van der Waals surface area contributed by atoms with Crippen molar-refractivity contribution in [3.05, 3.63) is 82.6 Å². The molecule has 0 saturated heterocycles. The molecule has 0 amide bonds. The van der Waals surface area contributed by atoms with Crippen LogP contribution in [0.1, 0.15) is 43.7 Å². The number of carbonyl (C=O) groups is 2. The second-order valence-electron chi connectivity index (χ2n) is 10.9. The molecule has 3 N–H and O–H groups in total. The number of rotatable bonds is 9. The van der Waals surface area contributed by atoms with E-state index < -0.39 is 41.6 Å². The number of ether oxygens (including phenoxy) is 2. The van der Waals surface area contributed by atoms with E-state index in [-0.39, 0.29) is 34.3 Å². The molecule has 2 atom stereocenters. The molecule has 0 saturated carbocycles. The molecule has 4 rings (SSSR count). The number of carbonyl (C=O) groups excluding carboxylic acids is 1. The maximum Gasteiger partial charge on any atom is 0.429 e. The quantitative estimate of drug-likeness (QED) is 0.164. The largest absolute Gasteiger partial charge is 0.481 e. The number of alkyl halides is 3. The van der Waals surface area contributed by atoms with E-state index in [4.69, 9.17) is 26.8 Å². The molecular formula is C30H29ClF3N5O5. The molecule has 0 aliphatic rings. The number of hydrogen-bond donors (Lipinski definition) is 2. The van der Waals surface area contributed by atoms with Gasteiger partial charge in [-0.1, -0.05) is 41.9 Å². The van der Waals surface area contributed by atoms with Gasteiger partial charge in [-0.05, 0) is 57.9 Å². The van der Waals surface area contributed by atoms with Gasteiger partial charge in [0.05, 0.1) is 17.1 Å². The lowest BCUT2D eigenvalue weighted by Crippen LogP contribution is -2.33. The van der Waals surface area contributed by atoms with Crippen molar-refractivity contribution in [3.8, 4) is 22.8 Å². The van der Waals surface area contributed by atoms with Crippen LogP contribution in [-0.4, -0.2) is 48.6 Å². The number of aryl methyl sites for hydroxylation is 1. The molecule has 44 heavy (non-hydrogen) atoms. The lowest BCUT2D eigenvalue weighted by atomic mass is 9.97. The van der Waals surface area contributed by atoms with Crippen LogP contribution in [0.25, 0.3) is 16.9 Å². The first-order valence-corrected chi connectivity index (χ1v) is 13.6. The molecule has 14 heteroatoms. The SMILES string of the molecule is Cc1ccn(-c2cc(Cl)ccc2[C@@H](Oc2cc(-c3ccc(CC(C(=O)O)C(=O)OC(C)(C)C)cc3)nc(N)n2)C(F)(F)F)n1. The fraction of sp³-hybridized carbons (Fsp3) is 0.300. The first kappa shape index (κ1) is 32.3. The molecule has 2 heterocycles. The van der Waals surface area contributed by atoms with Crippen molar-refractivity contribution >= 4 is 29.5 Å². The highest BCUT2D eigenvalue weighted by Gasteiger charge is 2.45. The molecule has 2 aromatic heterocycles. The predicted molar refractivity (Wildman–Crippen MR) is 155 cm³/mol. The Morgan fingerprint density at radius 2 is 1.73 bits per heavy atom. The Balaban J connectivity index is 1.63. The van der Waals surface area contributed by atoms with E-state index in [1.165, 1.54) is 35.1 Å². The van der Waals surface area contributed by atoms with Gasteiger partial charge in [0.25, 0.3) is 0 Å². The van der Waals surface area contributed by atoms with Crippen molar-refractivity contribution < 1.29 is 37.3 Å². The summed E-state index contributed by atoms with van der Waals surface area (Å²) in [6.45, 7) is 6.60. The van der Waals surface area contributed by atoms with Crippen molar-refractivity contribution in [2.24, 2.45) is 5.92 Å². The standard InChI is InChI=1S/C30H29ClF3N5O5/c1-16-11-12-39(38-16)23-14-19(31)9-10-20(23)25(30(32,33)34)43-24-15-22(36-28(35)37-24)18-7-5-17(6-8-18)13-21(26(40)41)27(42)44-29(2,3)4/h5-12,14-15,21,25H,13H2,1-4H3,(H,40,41)(H2,35,36,37)/t21?,25-/m1/s1. The maximum atomic E-state index is 14.4. The van der Waals surface area contributed by atoms with Gasteiger partial charge in [0.1, 0.15) is 5.60 Å². The normalized spacial score (nSPS) is 13.3. The minimum atomic E-state index is -4.87. The summed E-state index contributed by atoms with van der Waals surface area (Å²) in [7, 11) is 0. The number of esters is 1. The number of anilines is 1. The van der Waals surface area contributed by atoms with Crippen LogP contribution in [0, 0.1) is 12.8 Å². The fourth-order valence-corrected chi connectivity index (χ4v) is 4.42. The maximum absolute atomic E-state index is 14.4. The molecule has 0 radical (unpaired) electrons. The number of halogens is 4. The van der Waals surface area contributed by atoms with Crippen molar-refractivity contribution in [3.63, 3.8) is 0 Å². The number of aromatic nitrogens is 4. The molecule has 0 bridgehead atoms. The van der Waals surface area contributed by atoms with Gasteiger partial charge in [0.15, 0.2) is 5.92 Å². The van der Waals surface area contributed by atoms with Gasteiger partial charge >= 0.3 is 18.1 Å². The monoisotopic (exact) mass is 631 g/mol. The summed E-state index contributed by atoms with van der Waals surface area (Å²) in [4.78, 5) is 32.1. The van der Waals surface area contributed by atoms with Crippen LogP contribution in [0.5, 0.6) is 5.88 Å². The number of hydrogen-bond acceptors (Lipinski definition) is 8. The number of carboxylic acids is 1. The lowest BCUT2D eigenvalue weighted by Gasteiger charge is -2.24. The summed E-state index contributed by atoms with van der Waals surface area (Å²) < 4.78 is 55.2. The van der Waals surface area contributed by atoms with Crippen molar-refractivity contribution in [2.75, 3.05) is 5.73 Å². The zero-order valence-electron chi connectivity index (χ0n) is 24.1. The average Bonchev–Trinajstić information content (AvgIpc) is 3.35. The number of nitrogen functional groups attached to an aromatic ring is 1. The molecule has 1 unspecified atom stereocenters. The van der Waals surface area contributed by atoms with E-state index in [2.05, 4.69) is 15.1 Å². The van der Waals surface area contributed by atoms with Crippen molar-refractivity contribution in [1.82, 2.24) is 19.7 Å². The van der Waals surface area contributed by atoms with E-state index in [1.54, 1.807) is 58.0 Å². The van der Waals surface area contributed by atoms with Gasteiger partial charge in [0, 0.05) is 28.4 Å². The number of benzene rings is 2. The number of carboxylic acid groups (broad SMARTS) is 1. The molecule has 2 aromatic carbocycles. The molecule has 4 aromatic rings. The van der Waals surface area contributed by atoms with Gasteiger partial charge in [-0.3, -0.25) is 9.59 Å². The summed E-state index contributed by atoms with van der Waals surface area (Å²) in [5, 5.41) is 14.0. The summed E-state index contributed by atoms with van der Waals surface area (Å²) in [6.07, 6.45) is -5.97. The zero-order valence-corrected chi connectivity index (χ0v) is 24.8. The van der Waals surface area contributed by atoms with Gasteiger partial charge in [-0.2, -0.15) is 23.3 Å². The first-order chi connectivity index (χ1) is 20.5. The summed E-state index contributed by atoms with van der Waals surface area (Å²) >= 11 is 6.10. The Hall–Kier alpha value is -4.65. The van der Waals surface area contributed by atoms with E-state index >= 15 is 0 Å². The van der Waals surface area contributed by atoms with Crippen LogP contribution >= 0.6 is 11.6 Å². The second-order valence-corrected chi connectivity index (χ2v) is 11.4.